The van der Waals surface area contributed by atoms with Gasteiger partial charge in [-0.1, -0.05) is 6.92 Å². The second-order valence-corrected chi connectivity index (χ2v) is 3.79. The largest absolute Gasteiger partial charge is 0.413 e. The van der Waals surface area contributed by atoms with Crippen molar-refractivity contribution in [3.05, 3.63) is 12.0 Å². The molecule has 4 nitrogen and oxygen atoms in total. The number of anilines is 1. The van der Waals surface area contributed by atoms with Crippen LogP contribution in [0, 0.1) is 17.2 Å². The van der Waals surface area contributed by atoms with Gasteiger partial charge in [-0.25, -0.2) is 4.98 Å². The van der Waals surface area contributed by atoms with Gasteiger partial charge in [-0.15, -0.1) is 0 Å². The molecule has 0 aromatic carbocycles. The van der Waals surface area contributed by atoms with E-state index >= 15 is 0 Å². The Morgan fingerprint density at radius 2 is 2.29 bits per heavy atom. The quantitative estimate of drug-likeness (QED) is 0.679. The lowest BCUT2D eigenvalue weighted by Gasteiger charge is -2.28. The first kappa shape index (κ1) is 9.07. The monoisotopic (exact) mass is 191 g/mol. The third kappa shape index (κ3) is 1.72. The molecule has 0 amide bonds. The van der Waals surface area contributed by atoms with Crippen LogP contribution in [-0.2, 0) is 0 Å². The molecule has 2 rings (SSSR count). The molecule has 0 saturated carbocycles. The molecule has 0 bridgehead atoms. The Morgan fingerprint density at radius 3 is 2.86 bits per heavy atom. The van der Waals surface area contributed by atoms with E-state index in [1.807, 2.05) is 6.07 Å². The average Bonchev–Trinajstić information content (AvgIpc) is 2.67. The standard InChI is InChI=1S/C10H13N3O/c1-8-2-4-13(5-3-8)10-12-7-9(6-11)14-10/h7-8H,2-5H2,1H3. The fourth-order valence-electron chi connectivity index (χ4n) is 1.66. The molecule has 1 saturated heterocycles. The molecular formula is C10H13N3O. The number of piperidine rings is 1. The van der Waals surface area contributed by atoms with Crippen LogP contribution in [0.4, 0.5) is 6.01 Å². The van der Waals surface area contributed by atoms with Crippen LogP contribution in [0.15, 0.2) is 10.6 Å². The van der Waals surface area contributed by atoms with Crippen molar-refractivity contribution in [2.75, 3.05) is 18.0 Å². The highest BCUT2D eigenvalue weighted by Gasteiger charge is 2.19. The SMILES string of the molecule is CC1CCN(c2ncc(C#N)o2)CC1. The summed E-state index contributed by atoms with van der Waals surface area (Å²) in [6.45, 7) is 4.21. The summed E-state index contributed by atoms with van der Waals surface area (Å²) in [6, 6.07) is 2.53. The minimum absolute atomic E-state index is 0.290. The van der Waals surface area contributed by atoms with Gasteiger partial charge in [0.25, 0.3) is 6.01 Å². The van der Waals surface area contributed by atoms with E-state index in [1.165, 1.54) is 19.0 Å². The Balaban J connectivity index is 2.05. The zero-order chi connectivity index (χ0) is 9.97. The average molecular weight is 191 g/mol. The van der Waals surface area contributed by atoms with Crippen LogP contribution in [0.2, 0.25) is 0 Å². The van der Waals surface area contributed by atoms with Gasteiger partial charge in [-0.2, -0.15) is 5.26 Å². The van der Waals surface area contributed by atoms with E-state index in [1.54, 1.807) is 0 Å². The fraction of sp³-hybridized carbons (Fsp3) is 0.600. The van der Waals surface area contributed by atoms with E-state index in [0.717, 1.165) is 19.0 Å². The van der Waals surface area contributed by atoms with Crippen molar-refractivity contribution < 1.29 is 4.42 Å². The summed E-state index contributed by atoms with van der Waals surface area (Å²) in [5.74, 6) is 1.08. The van der Waals surface area contributed by atoms with Gasteiger partial charge in [-0.3, -0.25) is 0 Å². The molecule has 1 fully saturated rings. The first-order valence-electron chi connectivity index (χ1n) is 4.90. The topological polar surface area (TPSA) is 53.1 Å². The summed E-state index contributed by atoms with van der Waals surface area (Å²) < 4.78 is 5.26. The number of oxazole rings is 1. The number of aromatic nitrogens is 1. The van der Waals surface area contributed by atoms with Crippen LogP contribution in [0.25, 0.3) is 0 Å². The minimum Gasteiger partial charge on any atom is -0.413 e. The number of nitriles is 1. The summed E-state index contributed by atoms with van der Waals surface area (Å²) in [4.78, 5) is 6.17. The molecule has 1 aromatic rings. The van der Waals surface area contributed by atoms with Crippen molar-refractivity contribution in [1.82, 2.24) is 4.98 Å². The van der Waals surface area contributed by atoms with Crippen LogP contribution >= 0.6 is 0 Å². The van der Waals surface area contributed by atoms with Crippen LogP contribution in [-0.4, -0.2) is 18.1 Å². The van der Waals surface area contributed by atoms with Gasteiger partial charge in [0, 0.05) is 13.1 Å². The van der Waals surface area contributed by atoms with Crippen molar-refractivity contribution in [2.24, 2.45) is 5.92 Å². The normalized spacial score (nSPS) is 18.1. The predicted octanol–water partition coefficient (Wildman–Crippen LogP) is 1.78. The predicted molar refractivity (Wildman–Crippen MR) is 51.8 cm³/mol. The van der Waals surface area contributed by atoms with E-state index < -0.39 is 0 Å². The van der Waals surface area contributed by atoms with Crippen molar-refractivity contribution in [3.63, 3.8) is 0 Å². The van der Waals surface area contributed by atoms with E-state index in [4.69, 9.17) is 9.68 Å². The molecule has 0 atom stereocenters. The maximum absolute atomic E-state index is 8.59. The van der Waals surface area contributed by atoms with E-state index in [0.29, 0.717) is 11.8 Å². The first-order chi connectivity index (χ1) is 6.79. The molecule has 0 unspecified atom stereocenters. The van der Waals surface area contributed by atoms with Crippen molar-refractivity contribution in [3.8, 4) is 6.07 Å². The Morgan fingerprint density at radius 1 is 1.57 bits per heavy atom. The maximum atomic E-state index is 8.59. The number of hydrogen-bond donors (Lipinski definition) is 0. The van der Waals surface area contributed by atoms with Gasteiger partial charge in [0.2, 0.25) is 5.76 Å². The Labute approximate surface area is 83.1 Å². The Hall–Kier alpha value is -1.50. The van der Waals surface area contributed by atoms with Crippen LogP contribution in [0.3, 0.4) is 0 Å². The lowest BCUT2D eigenvalue weighted by atomic mass is 10.00. The van der Waals surface area contributed by atoms with Crippen LogP contribution in [0.5, 0.6) is 0 Å². The minimum atomic E-state index is 0.290. The molecule has 2 heterocycles. The molecule has 0 N–H and O–H groups in total. The number of nitrogens with zero attached hydrogens (tertiary/aromatic N) is 3. The van der Waals surface area contributed by atoms with E-state index in [2.05, 4.69) is 16.8 Å². The third-order valence-corrected chi connectivity index (χ3v) is 2.66. The third-order valence-electron chi connectivity index (χ3n) is 2.66. The molecular weight excluding hydrogens is 178 g/mol. The second-order valence-electron chi connectivity index (χ2n) is 3.79. The highest BCUT2D eigenvalue weighted by Crippen LogP contribution is 2.22. The molecule has 0 radical (unpaired) electrons. The first-order valence-corrected chi connectivity index (χ1v) is 4.90. The van der Waals surface area contributed by atoms with Crippen molar-refractivity contribution in [2.45, 2.75) is 19.8 Å². The lowest BCUT2D eigenvalue weighted by molar-refractivity contribution is 0.411. The second kappa shape index (κ2) is 3.70. The van der Waals surface area contributed by atoms with Gasteiger partial charge in [-0.05, 0) is 18.8 Å². The molecule has 1 aliphatic rings. The number of rotatable bonds is 1. The molecule has 0 spiro atoms. The number of hydrogen-bond acceptors (Lipinski definition) is 4. The summed E-state index contributed by atoms with van der Waals surface area (Å²) >= 11 is 0. The Bertz CT molecular complexity index is 344. The molecule has 4 heteroatoms. The molecule has 1 aromatic heterocycles. The van der Waals surface area contributed by atoms with Crippen molar-refractivity contribution in [1.29, 1.82) is 5.26 Å². The Kier molecular flexibility index (Phi) is 2.40. The summed E-state index contributed by atoms with van der Waals surface area (Å²) in [5.41, 5.74) is 0. The molecule has 14 heavy (non-hydrogen) atoms. The van der Waals surface area contributed by atoms with Gasteiger partial charge < -0.3 is 9.32 Å². The van der Waals surface area contributed by atoms with Crippen LogP contribution in [0.1, 0.15) is 25.5 Å². The van der Waals surface area contributed by atoms with E-state index in [9.17, 15) is 0 Å². The zero-order valence-electron chi connectivity index (χ0n) is 8.23. The summed E-state index contributed by atoms with van der Waals surface area (Å²) in [6.07, 6.45) is 3.82. The molecule has 74 valence electrons. The molecule has 0 aliphatic carbocycles. The smallest absolute Gasteiger partial charge is 0.298 e. The fourth-order valence-corrected chi connectivity index (χ4v) is 1.66. The lowest BCUT2D eigenvalue weighted by Crippen LogP contribution is -2.32. The van der Waals surface area contributed by atoms with Gasteiger partial charge in [0.15, 0.2) is 0 Å². The molecule has 1 aliphatic heterocycles. The van der Waals surface area contributed by atoms with Gasteiger partial charge >= 0.3 is 0 Å². The maximum Gasteiger partial charge on any atom is 0.298 e. The zero-order valence-corrected chi connectivity index (χ0v) is 8.23. The van der Waals surface area contributed by atoms with Gasteiger partial charge in [0.05, 0.1) is 6.20 Å². The van der Waals surface area contributed by atoms with Crippen LogP contribution < -0.4 is 4.90 Å². The van der Waals surface area contributed by atoms with Gasteiger partial charge in [0.1, 0.15) is 6.07 Å². The summed E-state index contributed by atoms with van der Waals surface area (Å²) in [5, 5.41) is 8.59. The summed E-state index contributed by atoms with van der Waals surface area (Å²) in [7, 11) is 0. The van der Waals surface area contributed by atoms with Crippen molar-refractivity contribution >= 4 is 6.01 Å². The highest BCUT2D eigenvalue weighted by molar-refractivity contribution is 5.29. The highest BCUT2D eigenvalue weighted by atomic mass is 16.4. The van der Waals surface area contributed by atoms with E-state index in [-0.39, 0.29) is 0 Å².